The zero-order chi connectivity index (χ0) is 7.28. The van der Waals surface area contributed by atoms with E-state index < -0.39 is 0 Å². The molecule has 1 atom stereocenters. The molecule has 0 amide bonds. The van der Waals surface area contributed by atoms with Crippen molar-refractivity contribution in [1.82, 2.24) is 0 Å². The lowest BCUT2D eigenvalue weighted by Gasteiger charge is -2.00. The summed E-state index contributed by atoms with van der Waals surface area (Å²) in [5, 5.41) is 0. The third-order valence-electron chi connectivity index (χ3n) is 0.898. The Hall–Kier alpha value is -0.740. The van der Waals surface area contributed by atoms with Crippen LogP contribution in [0.4, 0.5) is 0 Å². The predicted octanol–water partition coefficient (Wildman–Crippen LogP) is 1.30. The van der Waals surface area contributed by atoms with Crippen molar-refractivity contribution in [2.75, 3.05) is 0 Å². The van der Waals surface area contributed by atoms with Crippen molar-refractivity contribution in [3.63, 3.8) is 0 Å². The molecule has 50 valence electrons. The Morgan fingerprint density at radius 1 is 1.78 bits per heavy atom. The Morgan fingerprint density at radius 3 is 2.67 bits per heavy atom. The molecule has 0 heterocycles. The quantitative estimate of drug-likeness (QED) is 0.434. The summed E-state index contributed by atoms with van der Waals surface area (Å²) >= 11 is 0. The largest absolute Gasteiger partial charge is 0.317 e. The number of nitrogens with two attached hydrogens (primary N) is 1. The Balaban J connectivity index is 3.59. The zero-order valence-corrected chi connectivity index (χ0v) is 6.07. The summed E-state index contributed by atoms with van der Waals surface area (Å²) < 4.78 is 0. The molecular formula is C8H13N. The van der Waals surface area contributed by atoms with Gasteiger partial charge in [0.25, 0.3) is 0 Å². The Bertz CT molecular complexity index is 148. The first-order chi connectivity index (χ1) is 4.16. The fourth-order valence-corrected chi connectivity index (χ4v) is 0.612. The highest BCUT2D eigenvalue weighted by Crippen LogP contribution is 1.97. The summed E-state index contributed by atoms with van der Waals surface area (Å²) in [7, 11) is 0. The lowest BCUT2D eigenvalue weighted by Crippen LogP contribution is -2.17. The fourth-order valence-electron chi connectivity index (χ4n) is 0.612. The van der Waals surface area contributed by atoms with Crippen LogP contribution in [0.1, 0.15) is 20.3 Å². The molecule has 0 fully saturated rings. The first kappa shape index (κ1) is 8.26. The molecule has 1 heteroatoms. The Kier molecular flexibility index (Phi) is 3.83. The van der Waals surface area contributed by atoms with E-state index in [4.69, 9.17) is 5.73 Å². The highest BCUT2D eigenvalue weighted by atomic mass is 14.6. The van der Waals surface area contributed by atoms with Gasteiger partial charge >= 0.3 is 0 Å². The minimum atomic E-state index is -0.0208. The average molecular weight is 123 g/mol. The number of hydrogen-bond donors (Lipinski definition) is 1. The molecule has 0 unspecified atom stereocenters. The molecule has 0 aromatic rings. The van der Waals surface area contributed by atoms with E-state index in [0.717, 1.165) is 12.0 Å². The van der Waals surface area contributed by atoms with Crippen LogP contribution in [-0.2, 0) is 0 Å². The fraction of sp³-hybridized carbons (Fsp3) is 0.500. The standard InChI is InChI=1S/C8H13N/c1-4-5-8(9)6-7(2)3/h8H,2,6,9H2,1,3H3/t8-/m0/s1. The topological polar surface area (TPSA) is 26.0 Å². The van der Waals surface area contributed by atoms with Crippen molar-refractivity contribution in [2.45, 2.75) is 26.3 Å². The molecule has 0 aliphatic rings. The van der Waals surface area contributed by atoms with Crippen LogP contribution in [0.15, 0.2) is 12.2 Å². The van der Waals surface area contributed by atoms with Crippen LogP contribution in [-0.4, -0.2) is 6.04 Å². The monoisotopic (exact) mass is 123 g/mol. The van der Waals surface area contributed by atoms with Crippen LogP contribution >= 0.6 is 0 Å². The van der Waals surface area contributed by atoms with E-state index in [1.165, 1.54) is 0 Å². The van der Waals surface area contributed by atoms with Crippen molar-refractivity contribution in [3.05, 3.63) is 12.2 Å². The van der Waals surface area contributed by atoms with E-state index in [2.05, 4.69) is 18.4 Å². The maximum absolute atomic E-state index is 5.55. The third kappa shape index (κ3) is 5.13. The van der Waals surface area contributed by atoms with Gasteiger partial charge in [-0.25, -0.2) is 0 Å². The first-order valence-electron chi connectivity index (χ1n) is 2.99. The Labute approximate surface area is 56.9 Å². The third-order valence-corrected chi connectivity index (χ3v) is 0.898. The summed E-state index contributed by atoms with van der Waals surface area (Å²) in [5.41, 5.74) is 6.64. The smallest absolute Gasteiger partial charge is 0.0701 e. The van der Waals surface area contributed by atoms with Gasteiger partial charge in [0.1, 0.15) is 0 Å². The van der Waals surface area contributed by atoms with E-state index in [1.807, 2.05) is 6.92 Å². The van der Waals surface area contributed by atoms with E-state index in [0.29, 0.717) is 0 Å². The van der Waals surface area contributed by atoms with E-state index in [-0.39, 0.29) is 6.04 Å². The maximum Gasteiger partial charge on any atom is 0.0701 e. The summed E-state index contributed by atoms with van der Waals surface area (Å²) in [4.78, 5) is 0. The number of rotatable bonds is 2. The molecular weight excluding hydrogens is 110 g/mol. The SMILES string of the molecule is C=C(C)C[C@@H](N)C#CC. The van der Waals surface area contributed by atoms with Gasteiger partial charge in [-0.05, 0) is 20.3 Å². The lowest BCUT2D eigenvalue weighted by atomic mass is 10.1. The van der Waals surface area contributed by atoms with E-state index >= 15 is 0 Å². The second-order valence-electron chi connectivity index (χ2n) is 2.16. The lowest BCUT2D eigenvalue weighted by molar-refractivity contribution is 0.827. The van der Waals surface area contributed by atoms with Gasteiger partial charge in [-0.15, -0.1) is 12.5 Å². The molecule has 0 aliphatic carbocycles. The average Bonchev–Trinajstić information content (AvgIpc) is 1.63. The highest BCUT2D eigenvalue weighted by molar-refractivity contribution is 5.08. The highest BCUT2D eigenvalue weighted by Gasteiger charge is 1.94. The maximum atomic E-state index is 5.55. The van der Waals surface area contributed by atoms with E-state index in [1.54, 1.807) is 6.92 Å². The van der Waals surface area contributed by atoms with Gasteiger partial charge in [-0.1, -0.05) is 11.5 Å². The summed E-state index contributed by atoms with van der Waals surface area (Å²) in [6, 6.07) is -0.0208. The molecule has 0 aromatic heterocycles. The van der Waals surface area contributed by atoms with Gasteiger partial charge in [-0.3, -0.25) is 0 Å². The minimum Gasteiger partial charge on any atom is -0.317 e. The van der Waals surface area contributed by atoms with Crippen LogP contribution in [0.3, 0.4) is 0 Å². The molecule has 2 N–H and O–H groups in total. The van der Waals surface area contributed by atoms with Crippen LogP contribution in [0.25, 0.3) is 0 Å². The molecule has 0 spiro atoms. The van der Waals surface area contributed by atoms with Gasteiger partial charge in [0.05, 0.1) is 6.04 Å². The Morgan fingerprint density at radius 2 is 2.33 bits per heavy atom. The molecule has 0 aromatic carbocycles. The molecule has 9 heavy (non-hydrogen) atoms. The number of hydrogen-bond acceptors (Lipinski definition) is 1. The van der Waals surface area contributed by atoms with Gasteiger partial charge in [0, 0.05) is 0 Å². The van der Waals surface area contributed by atoms with Gasteiger partial charge in [-0.2, -0.15) is 0 Å². The molecule has 0 aliphatic heterocycles. The van der Waals surface area contributed by atoms with Crippen LogP contribution < -0.4 is 5.73 Å². The van der Waals surface area contributed by atoms with Gasteiger partial charge in [0.2, 0.25) is 0 Å². The van der Waals surface area contributed by atoms with Crippen molar-refractivity contribution < 1.29 is 0 Å². The van der Waals surface area contributed by atoms with Crippen LogP contribution in [0.5, 0.6) is 0 Å². The molecule has 0 saturated carbocycles. The molecule has 0 bridgehead atoms. The normalized spacial score (nSPS) is 11.4. The van der Waals surface area contributed by atoms with Crippen molar-refractivity contribution in [1.29, 1.82) is 0 Å². The second kappa shape index (κ2) is 4.17. The van der Waals surface area contributed by atoms with Crippen molar-refractivity contribution >= 4 is 0 Å². The summed E-state index contributed by atoms with van der Waals surface area (Å²) in [6.07, 6.45) is 0.806. The van der Waals surface area contributed by atoms with Crippen molar-refractivity contribution in [2.24, 2.45) is 5.73 Å². The summed E-state index contributed by atoms with van der Waals surface area (Å²) in [6.45, 7) is 7.48. The summed E-state index contributed by atoms with van der Waals surface area (Å²) in [5.74, 6) is 5.60. The molecule has 1 nitrogen and oxygen atoms in total. The molecule has 0 saturated heterocycles. The molecule has 0 rings (SSSR count). The van der Waals surface area contributed by atoms with Crippen LogP contribution in [0.2, 0.25) is 0 Å². The first-order valence-corrected chi connectivity index (χ1v) is 2.99. The van der Waals surface area contributed by atoms with Gasteiger partial charge in [0.15, 0.2) is 0 Å². The van der Waals surface area contributed by atoms with Crippen molar-refractivity contribution in [3.8, 4) is 11.8 Å². The molecule has 0 radical (unpaired) electrons. The van der Waals surface area contributed by atoms with Gasteiger partial charge < -0.3 is 5.73 Å². The second-order valence-corrected chi connectivity index (χ2v) is 2.16. The zero-order valence-electron chi connectivity index (χ0n) is 6.07. The van der Waals surface area contributed by atoms with Crippen LogP contribution in [0, 0.1) is 11.8 Å². The predicted molar refractivity (Wildman–Crippen MR) is 40.9 cm³/mol. The van der Waals surface area contributed by atoms with E-state index in [9.17, 15) is 0 Å². The minimum absolute atomic E-state index is 0.0208.